The third-order valence-electron chi connectivity index (χ3n) is 6.93. The van der Waals surface area contributed by atoms with Gasteiger partial charge >= 0.3 is 0 Å². The van der Waals surface area contributed by atoms with Crippen LogP contribution in [0.15, 0.2) is 52.7 Å². The van der Waals surface area contributed by atoms with E-state index in [-0.39, 0.29) is 0 Å². The second kappa shape index (κ2) is 8.70. The van der Waals surface area contributed by atoms with Gasteiger partial charge in [0, 0.05) is 30.7 Å². The molecule has 0 saturated heterocycles. The van der Waals surface area contributed by atoms with E-state index in [2.05, 4.69) is 62.6 Å². The second-order valence-corrected chi connectivity index (χ2v) is 9.25. The minimum atomic E-state index is 0.740. The lowest BCUT2D eigenvalue weighted by atomic mass is 9.83. The number of hydrogen-bond acceptors (Lipinski definition) is 3. The monoisotopic (exact) mass is 412 g/mol. The largest absolute Gasteiger partial charge is 0.378 e. The molecule has 4 heteroatoms. The van der Waals surface area contributed by atoms with E-state index in [1.54, 1.807) is 0 Å². The van der Waals surface area contributed by atoms with Crippen LogP contribution in [0.1, 0.15) is 73.2 Å². The number of nitrogens with one attached hydrogen (secondary N) is 1. The fourth-order valence-electron chi connectivity index (χ4n) is 5.14. The van der Waals surface area contributed by atoms with Gasteiger partial charge in [0.1, 0.15) is 0 Å². The van der Waals surface area contributed by atoms with Crippen molar-refractivity contribution in [3.63, 3.8) is 0 Å². The Hall–Kier alpha value is -2.88. The lowest BCUT2D eigenvalue weighted by molar-refractivity contribution is 0.444. The molecule has 0 radical (unpaired) electrons. The van der Waals surface area contributed by atoms with Gasteiger partial charge in [-0.2, -0.15) is 10.2 Å². The van der Waals surface area contributed by atoms with Crippen molar-refractivity contribution in [3.05, 3.63) is 64.8 Å². The van der Waals surface area contributed by atoms with Crippen LogP contribution >= 0.6 is 0 Å². The molecular formula is C27H32N4. The molecule has 5 rings (SSSR count). The van der Waals surface area contributed by atoms with Crippen molar-refractivity contribution in [3.8, 4) is 0 Å². The van der Waals surface area contributed by atoms with Crippen LogP contribution in [-0.4, -0.2) is 31.0 Å². The van der Waals surface area contributed by atoms with Crippen molar-refractivity contribution in [2.45, 2.75) is 57.3 Å². The highest BCUT2D eigenvalue weighted by Crippen LogP contribution is 2.36. The van der Waals surface area contributed by atoms with Gasteiger partial charge in [0.2, 0.25) is 0 Å². The van der Waals surface area contributed by atoms with Crippen LogP contribution < -0.4 is 4.90 Å². The molecule has 2 aliphatic carbocycles. The molecule has 0 unspecified atom stereocenters. The van der Waals surface area contributed by atoms with Crippen molar-refractivity contribution in [2.75, 3.05) is 19.0 Å². The van der Waals surface area contributed by atoms with Gasteiger partial charge in [-0.1, -0.05) is 37.5 Å². The molecule has 1 aromatic heterocycles. The molecule has 1 heterocycles. The summed E-state index contributed by atoms with van der Waals surface area (Å²) in [5, 5.41) is 10.5. The molecule has 0 spiro atoms. The molecule has 0 aliphatic heterocycles. The van der Waals surface area contributed by atoms with Gasteiger partial charge in [-0.15, -0.1) is 0 Å². The third-order valence-corrected chi connectivity index (χ3v) is 6.93. The highest BCUT2D eigenvalue weighted by molar-refractivity contribution is 6.06. The quantitative estimate of drug-likeness (QED) is 0.389. The van der Waals surface area contributed by atoms with Gasteiger partial charge in [-0.25, -0.2) is 0 Å². The fraction of sp³-hybridized carbons (Fsp3) is 0.407. The van der Waals surface area contributed by atoms with Crippen LogP contribution in [0.25, 0.3) is 10.9 Å². The predicted octanol–water partition coefficient (Wildman–Crippen LogP) is 6.44. The van der Waals surface area contributed by atoms with Gasteiger partial charge in [0.25, 0.3) is 0 Å². The summed E-state index contributed by atoms with van der Waals surface area (Å²) in [7, 11) is 4.10. The van der Waals surface area contributed by atoms with Crippen molar-refractivity contribution in [2.24, 2.45) is 10.2 Å². The van der Waals surface area contributed by atoms with Gasteiger partial charge in [0.15, 0.2) is 0 Å². The first-order chi connectivity index (χ1) is 15.2. The summed E-state index contributed by atoms with van der Waals surface area (Å²) in [6, 6.07) is 15.5. The van der Waals surface area contributed by atoms with E-state index in [1.807, 2.05) is 20.3 Å². The molecular weight excluding hydrogens is 380 g/mol. The van der Waals surface area contributed by atoms with E-state index in [4.69, 9.17) is 0 Å². The number of benzene rings is 2. The maximum atomic E-state index is 4.63. The standard InChI is InChI=1S/C27H32N4/c1-31(2)22-14-11-19(12-15-22)18-28-30-26-10-6-9-23-24-17-21(20-7-4-3-5-8-20)13-16-25(24)29-27(23)26/h11-18,20,29H,3-10H2,1-2H3/b28-18+,30-26+. The zero-order valence-electron chi connectivity index (χ0n) is 18.7. The molecule has 2 aliphatic rings. The first kappa shape index (κ1) is 20.0. The molecule has 0 atom stereocenters. The maximum absolute atomic E-state index is 4.63. The average Bonchev–Trinajstić information content (AvgIpc) is 3.19. The topological polar surface area (TPSA) is 43.8 Å². The van der Waals surface area contributed by atoms with Gasteiger partial charge < -0.3 is 9.88 Å². The third kappa shape index (κ3) is 4.16. The van der Waals surface area contributed by atoms with Crippen LogP contribution in [0.3, 0.4) is 0 Å². The molecule has 1 N–H and O–H groups in total. The predicted molar refractivity (Wildman–Crippen MR) is 132 cm³/mol. The normalized spacial score (nSPS) is 18.7. The lowest BCUT2D eigenvalue weighted by Crippen LogP contribution is -2.11. The SMILES string of the molecule is CN(C)c1ccc(/C=N/N=C2\CCCc3c2[nH]c2ccc(C4CCCCC4)cc32)cc1. The summed E-state index contributed by atoms with van der Waals surface area (Å²) >= 11 is 0. The van der Waals surface area contributed by atoms with E-state index < -0.39 is 0 Å². The Bertz CT molecular complexity index is 1110. The van der Waals surface area contributed by atoms with Gasteiger partial charge in [-0.05, 0) is 79.0 Å². The highest BCUT2D eigenvalue weighted by Gasteiger charge is 2.22. The van der Waals surface area contributed by atoms with Crippen molar-refractivity contribution >= 4 is 28.5 Å². The number of anilines is 1. The molecule has 160 valence electrons. The fourth-order valence-corrected chi connectivity index (χ4v) is 5.14. The zero-order valence-corrected chi connectivity index (χ0v) is 18.7. The van der Waals surface area contributed by atoms with Crippen LogP contribution in [0, 0.1) is 0 Å². The number of rotatable bonds is 4. The van der Waals surface area contributed by atoms with E-state index in [0.29, 0.717) is 0 Å². The Morgan fingerprint density at radius 1 is 0.935 bits per heavy atom. The van der Waals surface area contributed by atoms with Crippen molar-refractivity contribution in [1.82, 2.24) is 4.98 Å². The summed E-state index contributed by atoms with van der Waals surface area (Å²) < 4.78 is 0. The summed E-state index contributed by atoms with van der Waals surface area (Å²) in [4.78, 5) is 5.75. The molecule has 1 saturated carbocycles. The molecule has 3 aromatic rings. The zero-order chi connectivity index (χ0) is 21.2. The maximum Gasteiger partial charge on any atom is 0.0867 e. The summed E-state index contributed by atoms with van der Waals surface area (Å²) in [5.41, 5.74) is 8.73. The van der Waals surface area contributed by atoms with E-state index in [1.165, 1.54) is 65.5 Å². The van der Waals surface area contributed by atoms with Crippen molar-refractivity contribution < 1.29 is 0 Å². The minimum Gasteiger partial charge on any atom is -0.378 e. The number of fused-ring (bicyclic) bond motifs is 3. The molecule has 31 heavy (non-hydrogen) atoms. The van der Waals surface area contributed by atoms with Crippen molar-refractivity contribution in [1.29, 1.82) is 0 Å². The Morgan fingerprint density at radius 3 is 2.52 bits per heavy atom. The summed E-state index contributed by atoms with van der Waals surface area (Å²) in [6.07, 6.45) is 11.9. The number of nitrogens with zero attached hydrogens (tertiary/aromatic N) is 3. The minimum absolute atomic E-state index is 0.740. The van der Waals surface area contributed by atoms with Gasteiger partial charge in [0.05, 0.1) is 17.6 Å². The van der Waals surface area contributed by atoms with E-state index in [9.17, 15) is 0 Å². The Morgan fingerprint density at radius 2 is 1.74 bits per heavy atom. The van der Waals surface area contributed by atoms with E-state index >= 15 is 0 Å². The van der Waals surface area contributed by atoms with Crippen LogP contribution in [0.5, 0.6) is 0 Å². The Balaban J connectivity index is 1.41. The Kier molecular flexibility index (Phi) is 5.63. The molecule has 4 nitrogen and oxygen atoms in total. The highest BCUT2D eigenvalue weighted by atomic mass is 15.2. The van der Waals surface area contributed by atoms with Crippen LogP contribution in [0.2, 0.25) is 0 Å². The number of aromatic amines is 1. The average molecular weight is 413 g/mol. The molecule has 0 bridgehead atoms. The smallest absolute Gasteiger partial charge is 0.0867 e. The summed E-state index contributed by atoms with van der Waals surface area (Å²) in [5.74, 6) is 0.740. The lowest BCUT2D eigenvalue weighted by Gasteiger charge is -2.22. The number of hydrogen-bond donors (Lipinski definition) is 1. The molecule has 0 amide bonds. The second-order valence-electron chi connectivity index (χ2n) is 9.25. The number of aromatic nitrogens is 1. The Labute approximate surface area is 185 Å². The number of H-pyrrole nitrogens is 1. The first-order valence-electron chi connectivity index (χ1n) is 11.7. The van der Waals surface area contributed by atoms with Gasteiger partial charge in [-0.3, -0.25) is 0 Å². The molecule has 2 aromatic carbocycles. The van der Waals surface area contributed by atoms with E-state index in [0.717, 1.165) is 36.5 Å². The van der Waals surface area contributed by atoms with Crippen LogP contribution in [0.4, 0.5) is 5.69 Å². The molecule has 1 fully saturated rings. The van der Waals surface area contributed by atoms with Crippen LogP contribution in [-0.2, 0) is 6.42 Å². The number of aryl methyl sites for hydroxylation is 1. The summed E-state index contributed by atoms with van der Waals surface area (Å²) in [6.45, 7) is 0. The first-order valence-corrected chi connectivity index (χ1v) is 11.7.